The Kier molecular flexibility index (Phi) is 5.52. The Hall–Kier alpha value is -2.78. The number of nitrogens with zero attached hydrogens (tertiary/aromatic N) is 1. The quantitative estimate of drug-likeness (QED) is 0.454. The molecule has 0 unspecified atom stereocenters. The molecule has 1 aliphatic heterocycles. The monoisotopic (exact) mass is 390 g/mol. The van der Waals surface area contributed by atoms with E-state index in [-0.39, 0.29) is 16.2 Å². The zero-order valence-electron chi connectivity index (χ0n) is 14.7. The lowest BCUT2D eigenvalue weighted by atomic mass is 10.1. The minimum atomic E-state index is -3.96. The van der Waals surface area contributed by atoms with Gasteiger partial charge in [-0.15, -0.1) is 4.83 Å². The van der Waals surface area contributed by atoms with Crippen molar-refractivity contribution >= 4 is 27.3 Å². The number of benzene rings is 2. The summed E-state index contributed by atoms with van der Waals surface area (Å²) in [5.41, 5.74) is 9.60. The first-order valence-corrected chi connectivity index (χ1v) is 10.1. The predicted octanol–water partition coefficient (Wildman–Crippen LogP) is 1.59. The van der Waals surface area contributed by atoms with Crippen molar-refractivity contribution in [3.63, 3.8) is 0 Å². The number of hydrazine groups is 1. The van der Waals surface area contributed by atoms with Crippen molar-refractivity contribution in [2.75, 3.05) is 23.7 Å². The second-order valence-corrected chi connectivity index (χ2v) is 8.06. The number of nitrogens with two attached hydrogens (primary N) is 1. The third-order valence-electron chi connectivity index (χ3n) is 4.44. The van der Waals surface area contributed by atoms with Crippen molar-refractivity contribution in [2.45, 2.75) is 24.2 Å². The van der Waals surface area contributed by atoms with Gasteiger partial charge >= 0.3 is 0 Å². The van der Waals surface area contributed by atoms with Gasteiger partial charge in [-0.1, -0.05) is 0 Å². The minimum absolute atomic E-state index is 0.0132. The van der Waals surface area contributed by atoms with Crippen LogP contribution in [0.15, 0.2) is 47.4 Å². The predicted molar refractivity (Wildman–Crippen MR) is 103 cm³/mol. The minimum Gasteiger partial charge on any atom is -0.508 e. The zero-order valence-corrected chi connectivity index (χ0v) is 15.5. The molecular weight excluding hydrogens is 368 g/mol. The van der Waals surface area contributed by atoms with Gasteiger partial charge in [0.1, 0.15) is 5.75 Å². The third kappa shape index (κ3) is 4.50. The number of aromatic hydroxyl groups is 1. The van der Waals surface area contributed by atoms with Crippen molar-refractivity contribution < 1.29 is 18.3 Å². The van der Waals surface area contributed by atoms with Crippen LogP contribution in [0.4, 0.5) is 11.4 Å². The molecule has 0 aliphatic carbocycles. The average molecular weight is 390 g/mol. The Balaban J connectivity index is 1.74. The number of carbonyl (C=O) groups is 1. The number of piperidine rings is 1. The molecule has 2 aromatic carbocycles. The second kappa shape index (κ2) is 7.85. The van der Waals surface area contributed by atoms with Crippen molar-refractivity contribution in [3.05, 3.63) is 48.0 Å². The van der Waals surface area contributed by atoms with Crippen LogP contribution in [-0.2, 0) is 10.0 Å². The normalized spacial score (nSPS) is 14.7. The van der Waals surface area contributed by atoms with Crippen LogP contribution in [0.5, 0.6) is 5.75 Å². The number of hydrogen-bond acceptors (Lipinski definition) is 6. The van der Waals surface area contributed by atoms with Gasteiger partial charge < -0.3 is 15.7 Å². The lowest BCUT2D eigenvalue weighted by Gasteiger charge is -2.30. The van der Waals surface area contributed by atoms with E-state index in [0.717, 1.165) is 32.4 Å². The number of carbonyl (C=O) groups excluding carboxylic acids is 1. The van der Waals surface area contributed by atoms with Crippen LogP contribution in [0.2, 0.25) is 0 Å². The van der Waals surface area contributed by atoms with Crippen molar-refractivity contribution in [3.8, 4) is 5.75 Å². The maximum absolute atomic E-state index is 12.5. The highest BCUT2D eigenvalue weighted by Crippen LogP contribution is 2.29. The van der Waals surface area contributed by atoms with Crippen molar-refractivity contribution in [1.29, 1.82) is 0 Å². The standard InChI is InChI=1S/C18H22N4O4S/c19-16-9-8-15(12-17(16)22-10-2-1-3-11-22)27(25,26)21-20-18(24)13-4-6-14(23)7-5-13/h4-9,12,21,23H,1-3,10-11,19H2,(H,20,24). The van der Waals surface area contributed by atoms with Gasteiger partial charge in [-0.25, -0.2) is 8.42 Å². The van der Waals surface area contributed by atoms with Crippen LogP contribution in [0.3, 0.4) is 0 Å². The van der Waals surface area contributed by atoms with Crippen LogP contribution in [0, 0.1) is 0 Å². The molecule has 27 heavy (non-hydrogen) atoms. The molecule has 0 saturated carbocycles. The maximum Gasteiger partial charge on any atom is 0.266 e. The van der Waals surface area contributed by atoms with Gasteiger partial charge in [-0.3, -0.25) is 10.2 Å². The molecule has 0 spiro atoms. The Morgan fingerprint density at radius 3 is 2.37 bits per heavy atom. The average Bonchev–Trinajstić information content (AvgIpc) is 2.67. The van der Waals surface area contributed by atoms with Crippen molar-refractivity contribution in [1.82, 2.24) is 10.3 Å². The number of nitrogens with one attached hydrogen (secondary N) is 2. The van der Waals surface area contributed by atoms with Crippen LogP contribution in [0.1, 0.15) is 29.6 Å². The first-order chi connectivity index (χ1) is 12.9. The molecule has 0 atom stereocenters. The SMILES string of the molecule is Nc1ccc(S(=O)(=O)NNC(=O)c2ccc(O)cc2)cc1N1CCCCC1. The molecule has 0 radical (unpaired) electrons. The smallest absolute Gasteiger partial charge is 0.266 e. The number of amides is 1. The Morgan fingerprint density at radius 1 is 1.04 bits per heavy atom. The molecule has 1 saturated heterocycles. The fraction of sp³-hybridized carbons (Fsp3) is 0.278. The number of phenols is 1. The summed E-state index contributed by atoms with van der Waals surface area (Å²) in [6.45, 7) is 1.66. The maximum atomic E-state index is 12.5. The van der Waals surface area contributed by atoms with Crippen LogP contribution < -0.4 is 20.9 Å². The molecule has 3 rings (SSSR count). The highest BCUT2D eigenvalue weighted by molar-refractivity contribution is 7.89. The van der Waals surface area contributed by atoms with E-state index in [0.29, 0.717) is 11.4 Å². The van der Waals surface area contributed by atoms with E-state index in [4.69, 9.17) is 5.73 Å². The lowest BCUT2D eigenvalue weighted by Crippen LogP contribution is -2.41. The molecule has 5 N–H and O–H groups in total. The van der Waals surface area contributed by atoms with Crippen LogP contribution >= 0.6 is 0 Å². The molecular formula is C18H22N4O4S. The van der Waals surface area contributed by atoms with Gasteiger partial charge in [0.05, 0.1) is 16.3 Å². The number of sulfonamides is 1. The number of phenolic OH excluding ortho intramolecular Hbond substituents is 1. The molecule has 2 aromatic rings. The topological polar surface area (TPSA) is 125 Å². The van der Waals surface area contributed by atoms with E-state index in [9.17, 15) is 18.3 Å². The van der Waals surface area contributed by atoms with Gasteiger partial charge in [-0.2, -0.15) is 0 Å². The number of hydrogen-bond donors (Lipinski definition) is 4. The number of anilines is 2. The van der Waals surface area contributed by atoms with E-state index in [1.54, 1.807) is 6.07 Å². The summed E-state index contributed by atoms with van der Waals surface area (Å²) < 4.78 is 25.1. The summed E-state index contributed by atoms with van der Waals surface area (Å²) in [5, 5.41) is 9.24. The highest BCUT2D eigenvalue weighted by atomic mass is 32.2. The van der Waals surface area contributed by atoms with Crippen LogP contribution in [0.25, 0.3) is 0 Å². The molecule has 0 aromatic heterocycles. The summed E-state index contributed by atoms with van der Waals surface area (Å²) in [6.07, 6.45) is 3.23. The Bertz CT molecular complexity index is 923. The summed E-state index contributed by atoms with van der Waals surface area (Å²) in [4.78, 5) is 16.2. The Labute approximate surface area is 158 Å². The molecule has 1 fully saturated rings. The summed E-state index contributed by atoms with van der Waals surface area (Å²) in [5.74, 6) is -0.621. The lowest BCUT2D eigenvalue weighted by molar-refractivity contribution is 0.0945. The second-order valence-electron chi connectivity index (χ2n) is 6.37. The first-order valence-electron chi connectivity index (χ1n) is 8.62. The largest absolute Gasteiger partial charge is 0.508 e. The van der Waals surface area contributed by atoms with Gasteiger partial charge in [0, 0.05) is 18.7 Å². The third-order valence-corrected chi connectivity index (χ3v) is 5.68. The van der Waals surface area contributed by atoms with E-state index >= 15 is 0 Å². The number of nitrogen functional groups attached to an aromatic ring is 1. The molecule has 144 valence electrons. The molecule has 8 nitrogen and oxygen atoms in total. The fourth-order valence-electron chi connectivity index (χ4n) is 2.96. The molecule has 1 amide bonds. The van der Waals surface area contributed by atoms with E-state index in [1.807, 2.05) is 0 Å². The van der Waals surface area contributed by atoms with Gasteiger partial charge in [0.2, 0.25) is 0 Å². The number of rotatable bonds is 5. The van der Waals surface area contributed by atoms with Gasteiger partial charge in [0.25, 0.3) is 15.9 Å². The van der Waals surface area contributed by atoms with Crippen LogP contribution in [-0.4, -0.2) is 32.5 Å². The van der Waals surface area contributed by atoms with E-state index < -0.39 is 15.9 Å². The van der Waals surface area contributed by atoms with Crippen molar-refractivity contribution in [2.24, 2.45) is 0 Å². The molecule has 0 bridgehead atoms. The van der Waals surface area contributed by atoms with Gasteiger partial charge in [0.15, 0.2) is 0 Å². The summed E-state index contributed by atoms with van der Waals surface area (Å²) >= 11 is 0. The molecule has 9 heteroatoms. The summed E-state index contributed by atoms with van der Waals surface area (Å²) in [6, 6.07) is 9.93. The zero-order chi connectivity index (χ0) is 19.4. The Morgan fingerprint density at radius 2 is 1.70 bits per heavy atom. The van der Waals surface area contributed by atoms with E-state index in [1.165, 1.54) is 36.4 Å². The fourth-order valence-corrected chi connectivity index (χ4v) is 3.82. The summed E-state index contributed by atoms with van der Waals surface area (Å²) in [7, 11) is -3.96. The molecule has 1 heterocycles. The first kappa shape index (κ1) is 19.0. The highest BCUT2D eigenvalue weighted by Gasteiger charge is 2.20. The van der Waals surface area contributed by atoms with E-state index in [2.05, 4.69) is 15.2 Å². The van der Waals surface area contributed by atoms with Gasteiger partial charge in [-0.05, 0) is 61.7 Å². The molecule has 1 aliphatic rings.